The number of para-hydroxylation sites is 2. The predicted molar refractivity (Wildman–Crippen MR) is 109 cm³/mol. The van der Waals surface area contributed by atoms with Gasteiger partial charge in [-0.05, 0) is 43.3 Å². The summed E-state index contributed by atoms with van der Waals surface area (Å²) in [4.78, 5) is 12.4. The van der Waals surface area contributed by atoms with Crippen molar-refractivity contribution >= 4 is 21.6 Å². The normalized spacial score (nSPS) is 15.4. The summed E-state index contributed by atoms with van der Waals surface area (Å²) in [6.07, 6.45) is 0.706. The Bertz CT molecular complexity index is 946. The molecule has 0 aliphatic carbocycles. The van der Waals surface area contributed by atoms with E-state index in [-0.39, 0.29) is 19.2 Å². The summed E-state index contributed by atoms with van der Waals surface area (Å²) < 4.78 is 42.2. The summed E-state index contributed by atoms with van der Waals surface area (Å²) in [5.41, 5.74) is 0.386. The maximum atomic E-state index is 12.4. The number of nitrogens with zero attached hydrogens (tertiary/aromatic N) is 1. The molecular weight excluding hydrogens is 396 g/mol. The SMILES string of the molecule is CCOc1ccc(N(CC(=O)NC[C@@H]2COc3ccccc3O2)S(C)(=O)=O)cc1. The van der Waals surface area contributed by atoms with Crippen molar-refractivity contribution in [3.05, 3.63) is 48.5 Å². The van der Waals surface area contributed by atoms with Gasteiger partial charge in [-0.25, -0.2) is 8.42 Å². The van der Waals surface area contributed by atoms with Crippen molar-refractivity contribution in [2.75, 3.05) is 36.9 Å². The first kappa shape index (κ1) is 20.8. The first-order valence-corrected chi connectivity index (χ1v) is 11.1. The van der Waals surface area contributed by atoms with Crippen molar-refractivity contribution in [3.8, 4) is 17.2 Å². The van der Waals surface area contributed by atoms with Gasteiger partial charge in [-0.1, -0.05) is 12.1 Å². The van der Waals surface area contributed by atoms with E-state index in [1.165, 1.54) is 0 Å². The Kier molecular flexibility index (Phi) is 6.48. The molecule has 156 valence electrons. The Morgan fingerprint density at radius 2 is 1.86 bits per heavy atom. The van der Waals surface area contributed by atoms with Crippen LogP contribution in [-0.4, -0.2) is 53.0 Å². The summed E-state index contributed by atoms with van der Waals surface area (Å²) in [6, 6.07) is 13.8. The molecule has 1 amide bonds. The average Bonchev–Trinajstić information content (AvgIpc) is 2.70. The Hall–Kier alpha value is -2.94. The van der Waals surface area contributed by atoms with E-state index in [4.69, 9.17) is 14.2 Å². The molecule has 0 bridgehead atoms. The molecule has 1 N–H and O–H groups in total. The number of hydrogen-bond donors (Lipinski definition) is 1. The minimum absolute atomic E-state index is 0.202. The maximum absolute atomic E-state index is 12.4. The second-order valence-corrected chi connectivity index (χ2v) is 8.41. The van der Waals surface area contributed by atoms with Gasteiger partial charge in [-0.3, -0.25) is 9.10 Å². The second kappa shape index (κ2) is 9.04. The summed E-state index contributed by atoms with van der Waals surface area (Å²) in [5.74, 6) is 1.47. The van der Waals surface area contributed by atoms with Gasteiger partial charge in [-0.2, -0.15) is 0 Å². The fourth-order valence-electron chi connectivity index (χ4n) is 2.85. The van der Waals surface area contributed by atoms with E-state index in [0.717, 1.165) is 10.6 Å². The molecule has 0 spiro atoms. The molecule has 2 aromatic rings. The zero-order chi connectivity index (χ0) is 20.9. The molecule has 0 saturated carbocycles. The maximum Gasteiger partial charge on any atom is 0.240 e. The smallest absolute Gasteiger partial charge is 0.240 e. The molecular formula is C20H24N2O6S. The van der Waals surface area contributed by atoms with Gasteiger partial charge in [0.1, 0.15) is 25.0 Å². The van der Waals surface area contributed by atoms with Crippen molar-refractivity contribution in [2.45, 2.75) is 13.0 Å². The third-order valence-corrected chi connectivity index (χ3v) is 5.36. The number of anilines is 1. The van der Waals surface area contributed by atoms with E-state index < -0.39 is 15.9 Å². The topological polar surface area (TPSA) is 94.2 Å². The lowest BCUT2D eigenvalue weighted by atomic mass is 10.2. The lowest BCUT2D eigenvalue weighted by molar-refractivity contribution is -0.120. The van der Waals surface area contributed by atoms with E-state index >= 15 is 0 Å². The van der Waals surface area contributed by atoms with Crippen LogP contribution in [-0.2, 0) is 14.8 Å². The van der Waals surface area contributed by atoms with E-state index in [1.54, 1.807) is 30.3 Å². The van der Waals surface area contributed by atoms with Gasteiger partial charge in [0, 0.05) is 0 Å². The molecule has 1 heterocycles. The number of hydrogen-bond acceptors (Lipinski definition) is 6. The summed E-state index contributed by atoms with van der Waals surface area (Å²) in [6.45, 7) is 2.53. The predicted octanol–water partition coefficient (Wildman–Crippen LogP) is 1.81. The Morgan fingerprint density at radius 1 is 1.17 bits per heavy atom. The van der Waals surface area contributed by atoms with E-state index in [2.05, 4.69) is 5.32 Å². The largest absolute Gasteiger partial charge is 0.494 e. The van der Waals surface area contributed by atoms with Crippen LogP contribution in [0.5, 0.6) is 17.2 Å². The highest BCUT2D eigenvalue weighted by atomic mass is 32.2. The van der Waals surface area contributed by atoms with E-state index in [9.17, 15) is 13.2 Å². The van der Waals surface area contributed by atoms with Gasteiger partial charge in [0.2, 0.25) is 15.9 Å². The standard InChI is InChI=1S/C20H24N2O6S/c1-3-26-16-10-8-15(9-11-16)22(29(2,24)25)13-20(23)21-12-17-14-27-18-6-4-5-7-19(18)28-17/h4-11,17H,3,12-14H2,1-2H3,(H,21,23)/t17-/m1/s1. The highest BCUT2D eigenvalue weighted by Gasteiger charge is 2.24. The van der Waals surface area contributed by atoms with Crippen molar-refractivity contribution in [3.63, 3.8) is 0 Å². The van der Waals surface area contributed by atoms with Gasteiger partial charge < -0.3 is 19.5 Å². The minimum atomic E-state index is -3.65. The quantitative estimate of drug-likeness (QED) is 0.700. The molecule has 29 heavy (non-hydrogen) atoms. The van der Waals surface area contributed by atoms with Crippen molar-refractivity contribution in [1.82, 2.24) is 5.32 Å². The van der Waals surface area contributed by atoms with Crippen LogP contribution >= 0.6 is 0 Å². The van der Waals surface area contributed by atoms with E-state index in [0.29, 0.717) is 36.1 Å². The fraction of sp³-hybridized carbons (Fsp3) is 0.350. The molecule has 2 aromatic carbocycles. The highest BCUT2D eigenvalue weighted by Crippen LogP contribution is 2.30. The monoisotopic (exact) mass is 420 g/mol. The zero-order valence-electron chi connectivity index (χ0n) is 16.3. The van der Waals surface area contributed by atoms with Gasteiger partial charge >= 0.3 is 0 Å². The van der Waals surface area contributed by atoms with Crippen LogP contribution in [0.25, 0.3) is 0 Å². The molecule has 0 saturated heterocycles. The Balaban J connectivity index is 1.59. The van der Waals surface area contributed by atoms with Crippen LogP contribution < -0.4 is 23.8 Å². The van der Waals surface area contributed by atoms with E-state index in [1.807, 2.05) is 25.1 Å². The Morgan fingerprint density at radius 3 is 2.52 bits per heavy atom. The van der Waals surface area contributed by atoms with Gasteiger partial charge in [0.15, 0.2) is 11.5 Å². The summed E-state index contributed by atoms with van der Waals surface area (Å²) in [5, 5.41) is 2.71. The number of carbonyl (C=O) groups excluding carboxylic acids is 1. The third kappa shape index (κ3) is 5.54. The highest BCUT2D eigenvalue weighted by molar-refractivity contribution is 7.92. The van der Waals surface area contributed by atoms with Gasteiger partial charge in [0.25, 0.3) is 0 Å². The molecule has 0 unspecified atom stereocenters. The number of sulfonamides is 1. The number of fused-ring (bicyclic) bond motifs is 1. The molecule has 1 aliphatic rings. The van der Waals surface area contributed by atoms with Crippen molar-refractivity contribution in [1.29, 1.82) is 0 Å². The third-order valence-electron chi connectivity index (χ3n) is 4.22. The molecule has 1 aliphatic heterocycles. The molecule has 3 rings (SSSR count). The van der Waals surface area contributed by atoms with Gasteiger partial charge in [-0.15, -0.1) is 0 Å². The van der Waals surface area contributed by atoms with Crippen LogP contribution in [0.4, 0.5) is 5.69 Å². The second-order valence-electron chi connectivity index (χ2n) is 6.50. The van der Waals surface area contributed by atoms with Crippen molar-refractivity contribution < 1.29 is 27.4 Å². The van der Waals surface area contributed by atoms with Crippen LogP contribution in [0.1, 0.15) is 6.92 Å². The fourth-order valence-corrected chi connectivity index (χ4v) is 3.71. The molecule has 9 heteroatoms. The summed E-state index contributed by atoms with van der Waals surface area (Å²) >= 11 is 0. The van der Waals surface area contributed by atoms with Crippen LogP contribution in [0, 0.1) is 0 Å². The number of carbonyl (C=O) groups is 1. The Labute approximate surface area is 170 Å². The average molecular weight is 420 g/mol. The first-order valence-electron chi connectivity index (χ1n) is 9.22. The lowest BCUT2D eigenvalue weighted by Gasteiger charge is -2.27. The lowest BCUT2D eigenvalue weighted by Crippen LogP contribution is -2.45. The number of benzene rings is 2. The van der Waals surface area contributed by atoms with Crippen LogP contribution in [0.15, 0.2) is 48.5 Å². The number of rotatable bonds is 8. The number of ether oxygens (including phenoxy) is 3. The van der Waals surface area contributed by atoms with Crippen LogP contribution in [0.2, 0.25) is 0 Å². The molecule has 0 fully saturated rings. The minimum Gasteiger partial charge on any atom is -0.494 e. The zero-order valence-corrected chi connectivity index (χ0v) is 17.1. The molecule has 0 radical (unpaired) electrons. The molecule has 8 nitrogen and oxygen atoms in total. The number of nitrogens with one attached hydrogen (secondary N) is 1. The number of amides is 1. The molecule has 1 atom stereocenters. The summed E-state index contributed by atoms with van der Waals surface area (Å²) in [7, 11) is -3.65. The molecule has 0 aromatic heterocycles. The van der Waals surface area contributed by atoms with Gasteiger partial charge in [0.05, 0.1) is 25.1 Å². The van der Waals surface area contributed by atoms with Crippen LogP contribution in [0.3, 0.4) is 0 Å². The van der Waals surface area contributed by atoms with Crippen molar-refractivity contribution in [2.24, 2.45) is 0 Å². The first-order chi connectivity index (χ1) is 13.9.